The predicted molar refractivity (Wildman–Crippen MR) is 244 cm³/mol. The standard InChI is InChI=1S/C46H44F3N7O6.C4H7N3/c47-46(48,49)37-21-32(20-35-36(37)23-55(42(35)60)31-3-1-2-28(18-31)29-16-26(17-29)22-50)54-24-45(25-54)10-14-53(15-11-45)41(59)27-8-12-52(13-9-27)30-4-5-33-34(19-30)44(62)56(43(33)61)38-6-7-39(57)51-40(38)58;1-4-6-5-3-7(4)2/h1-5,18-21,26-27,29,38H,6-17,23-25H2,(H,51,57,58);3H,1-2H3. The number of nitrogens with one attached hydrogen (secondary N) is 1. The number of fused-ring (bicyclic) bond motifs is 2. The molecule has 1 aliphatic carbocycles. The lowest BCUT2D eigenvalue weighted by atomic mass is 9.71. The van der Waals surface area contributed by atoms with Gasteiger partial charge in [0.1, 0.15) is 18.2 Å². The first-order valence-corrected chi connectivity index (χ1v) is 23.5. The maximum Gasteiger partial charge on any atom is 0.416 e. The van der Waals surface area contributed by atoms with Crippen molar-refractivity contribution in [3.8, 4) is 6.07 Å². The van der Waals surface area contributed by atoms with Crippen LogP contribution in [0.5, 0.6) is 0 Å². The number of nitrogens with zero attached hydrogens (tertiary/aromatic N) is 9. The van der Waals surface area contributed by atoms with Gasteiger partial charge in [-0.1, -0.05) is 12.1 Å². The van der Waals surface area contributed by atoms with Gasteiger partial charge in [0.2, 0.25) is 17.7 Å². The minimum absolute atomic E-state index is 0.00108. The van der Waals surface area contributed by atoms with Gasteiger partial charge in [0.25, 0.3) is 17.7 Å². The molecule has 6 amide bonds. The lowest BCUT2D eigenvalue weighted by molar-refractivity contribution is -0.139. The number of likely N-dealkylation sites (tertiary alicyclic amines) is 1. The number of anilines is 3. The van der Waals surface area contributed by atoms with Gasteiger partial charge in [0.15, 0.2) is 0 Å². The topological polar surface area (TPSA) is 185 Å². The van der Waals surface area contributed by atoms with Crippen molar-refractivity contribution >= 4 is 52.5 Å². The zero-order valence-corrected chi connectivity index (χ0v) is 38.3. The maximum absolute atomic E-state index is 14.6. The summed E-state index contributed by atoms with van der Waals surface area (Å²) in [6.07, 6.45) is 1.26. The third-order valence-corrected chi connectivity index (χ3v) is 15.4. The fraction of sp³-hybridized carbons (Fsp3) is 0.460. The highest BCUT2D eigenvalue weighted by Gasteiger charge is 2.49. The van der Waals surface area contributed by atoms with Crippen LogP contribution in [0.25, 0.3) is 0 Å². The molecule has 1 spiro atoms. The molecule has 0 bridgehead atoms. The van der Waals surface area contributed by atoms with Crippen molar-refractivity contribution in [3.63, 3.8) is 0 Å². The number of imide groups is 2. The second-order valence-corrected chi connectivity index (χ2v) is 19.6. The number of alkyl halides is 3. The van der Waals surface area contributed by atoms with E-state index in [1.54, 1.807) is 36.7 Å². The molecule has 358 valence electrons. The van der Waals surface area contributed by atoms with E-state index >= 15 is 0 Å². The average Bonchev–Trinajstić information content (AvgIpc) is 3.94. The Morgan fingerprint density at radius 2 is 1.54 bits per heavy atom. The highest BCUT2D eigenvalue weighted by molar-refractivity contribution is 6.23. The Kier molecular flexibility index (Phi) is 11.6. The van der Waals surface area contributed by atoms with Gasteiger partial charge in [-0.05, 0) is 111 Å². The Bertz CT molecular complexity index is 2810. The molecule has 3 aromatic carbocycles. The second kappa shape index (κ2) is 17.5. The summed E-state index contributed by atoms with van der Waals surface area (Å²) in [6, 6.07) is 16.4. The molecule has 7 aliphatic rings. The van der Waals surface area contributed by atoms with Crippen molar-refractivity contribution in [2.24, 2.45) is 24.3 Å². The highest BCUT2D eigenvalue weighted by Crippen LogP contribution is 2.48. The maximum atomic E-state index is 14.6. The van der Waals surface area contributed by atoms with Crippen molar-refractivity contribution in [2.75, 3.05) is 54.0 Å². The van der Waals surface area contributed by atoms with Gasteiger partial charge in [0.05, 0.1) is 29.3 Å². The molecule has 69 heavy (non-hydrogen) atoms. The molecule has 1 saturated carbocycles. The van der Waals surface area contributed by atoms with Crippen LogP contribution in [0.15, 0.2) is 60.9 Å². The van der Waals surface area contributed by atoms with E-state index in [-0.39, 0.29) is 70.7 Å². The van der Waals surface area contributed by atoms with E-state index in [4.69, 9.17) is 0 Å². The van der Waals surface area contributed by atoms with Crippen LogP contribution < -0.4 is 20.0 Å². The summed E-state index contributed by atoms with van der Waals surface area (Å²) in [6.45, 7) is 5.06. The van der Waals surface area contributed by atoms with Crippen molar-refractivity contribution in [1.29, 1.82) is 5.26 Å². The van der Waals surface area contributed by atoms with Crippen molar-refractivity contribution in [3.05, 3.63) is 100 Å². The number of carbonyl (C=O) groups is 6. The summed E-state index contributed by atoms with van der Waals surface area (Å²) >= 11 is 0. The van der Waals surface area contributed by atoms with Crippen LogP contribution in [0.4, 0.5) is 30.2 Å². The fourth-order valence-electron chi connectivity index (χ4n) is 11.1. The molecule has 1 unspecified atom stereocenters. The first-order chi connectivity index (χ1) is 33.0. The van der Waals surface area contributed by atoms with E-state index in [1.165, 1.54) is 11.0 Å². The lowest BCUT2D eigenvalue weighted by Crippen LogP contribution is -2.61. The molecule has 11 rings (SSSR count). The van der Waals surface area contributed by atoms with E-state index in [9.17, 15) is 47.2 Å². The van der Waals surface area contributed by atoms with Crippen LogP contribution in [0.1, 0.15) is 111 Å². The molecule has 1 N–H and O–H groups in total. The number of rotatable bonds is 6. The van der Waals surface area contributed by atoms with Gasteiger partial charge in [-0.15, -0.1) is 10.2 Å². The molecule has 1 atom stereocenters. The normalized spacial score (nSPS) is 23.2. The molecule has 7 heterocycles. The minimum atomic E-state index is -4.65. The largest absolute Gasteiger partial charge is 0.416 e. The van der Waals surface area contributed by atoms with Crippen LogP contribution in [0.2, 0.25) is 0 Å². The van der Waals surface area contributed by atoms with E-state index in [0.717, 1.165) is 47.7 Å². The van der Waals surface area contributed by atoms with Gasteiger partial charge >= 0.3 is 6.18 Å². The zero-order valence-electron chi connectivity index (χ0n) is 38.3. The highest BCUT2D eigenvalue weighted by atomic mass is 19.4. The Balaban J connectivity index is 0.000000727. The van der Waals surface area contributed by atoms with E-state index in [1.807, 2.05) is 46.5 Å². The molecule has 5 fully saturated rings. The predicted octanol–water partition coefficient (Wildman–Crippen LogP) is 5.75. The summed E-state index contributed by atoms with van der Waals surface area (Å²) in [7, 11) is 1.91. The summed E-state index contributed by atoms with van der Waals surface area (Å²) < 4.78 is 45.6. The van der Waals surface area contributed by atoms with Crippen LogP contribution in [0, 0.1) is 35.5 Å². The second-order valence-electron chi connectivity index (χ2n) is 19.6. The first-order valence-electron chi connectivity index (χ1n) is 23.5. The average molecular weight is 945 g/mol. The number of aromatic nitrogens is 3. The van der Waals surface area contributed by atoms with Crippen LogP contribution >= 0.6 is 0 Å². The van der Waals surface area contributed by atoms with Gasteiger partial charge in [-0.3, -0.25) is 39.0 Å². The zero-order chi connectivity index (χ0) is 48.5. The molecule has 16 nitrogen and oxygen atoms in total. The van der Waals surface area contributed by atoms with E-state index in [2.05, 4.69) is 26.5 Å². The third kappa shape index (κ3) is 8.37. The number of hydrogen-bond acceptors (Lipinski definition) is 11. The molecule has 1 aromatic heterocycles. The Labute approximate surface area is 396 Å². The summed E-state index contributed by atoms with van der Waals surface area (Å²) in [5.74, 6) is -1.64. The SMILES string of the molecule is Cc1nncn1C.N#CC1CC(c2cccc(N3Cc4c(cc(N5CC6(CCN(C(=O)C7CCN(c8ccc9c(c8)C(=O)N(C8CCC(=O)NC8=O)C9=O)CC7)CC6)C5)cc4C(F)(F)F)C3=O)c2)C1. The first kappa shape index (κ1) is 45.7. The molecule has 19 heteroatoms. The lowest BCUT2D eigenvalue weighted by Gasteiger charge is -2.55. The molecule has 6 aliphatic heterocycles. The van der Waals surface area contributed by atoms with Crippen LogP contribution in [-0.4, -0.2) is 105 Å². The van der Waals surface area contributed by atoms with Gasteiger partial charge < -0.3 is 24.2 Å². The Hall–Kier alpha value is -7.10. The number of benzene rings is 3. The number of hydrogen-bond donors (Lipinski definition) is 1. The van der Waals surface area contributed by atoms with Crippen molar-refractivity contribution in [2.45, 2.75) is 83.0 Å². The molecular formula is C50H51F3N10O6. The number of halogens is 3. The smallest absolute Gasteiger partial charge is 0.371 e. The number of amides is 6. The fourth-order valence-corrected chi connectivity index (χ4v) is 11.1. The summed E-state index contributed by atoms with van der Waals surface area (Å²) in [4.78, 5) is 86.4. The molecule has 4 saturated heterocycles. The summed E-state index contributed by atoms with van der Waals surface area (Å²) in [5, 5.41) is 18.8. The molecule has 4 aromatic rings. The minimum Gasteiger partial charge on any atom is -0.371 e. The number of nitriles is 1. The van der Waals surface area contributed by atoms with Gasteiger partial charge in [0, 0.05) is 92.6 Å². The van der Waals surface area contributed by atoms with Crippen LogP contribution in [-0.2, 0) is 34.2 Å². The van der Waals surface area contributed by atoms with Gasteiger partial charge in [-0.25, -0.2) is 0 Å². The number of aryl methyl sites for hydroxylation is 2. The van der Waals surface area contributed by atoms with Crippen molar-refractivity contribution < 1.29 is 41.9 Å². The monoisotopic (exact) mass is 944 g/mol. The molecule has 0 radical (unpaired) electrons. The quantitative estimate of drug-likeness (QED) is 0.232. The number of carbonyl (C=O) groups excluding carboxylic acids is 6. The van der Waals surface area contributed by atoms with E-state index in [0.29, 0.717) is 63.5 Å². The summed E-state index contributed by atoms with van der Waals surface area (Å²) in [5.41, 5.74) is 2.18. The van der Waals surface area contributed by atoms with Crippen LogP contribution in [0.3, 0.4) is 0 Å². The third-order valence-electron chi connectivity index (χ3n) is 15.4. The molecular weight excluding hydrogens is 894 g/mol. The Morgan fingerprint density at radius 3 is 2.17 bits per heavy atom. The van der Waals surface area contributed by atoms with Crippen molar-refractivity contribution in [1.82, 2.24) is 29.9 Å². The Morgan fingerprint density at radius 1 is 0.826 bits per heavy atom. The number of piperidine rings is 3. The van der Waals surface area contributed by atoms with Gasteiger partial charge in [-0.2, -0.15) is 18.4 Å². The van der Waals surface area contributed by atoms with E-state index < -0.39 is 47.3 Å².